The van der Waals surface area contributed by atoms with Gasteiger partial charge in [-0.15, -0.1) is 0 Å². The van der Waals surface area contributed by atoms with Crippen molar-refractivity contribution in [3.05, 3.63) is 29.6 Å². The maximum Gasteiger partial charge on any atom is 0.166 e. The van der Waals surface area contributed by atoms with Crippen LogP contribution in [0.25, 0.3) is 0 Å². The lowest BCUT2D eigenvalue weighted by molar-refractivity contribution is 0.0637. The normalized spacial score (nSPS) is 11.9. The van der Waals surface area contributed by atoms with Gasteiger partial charge in [0.1, 0.15) is 6.10 Å². The molecule has 0 aromatic heterocycles. The van der Waals surface area contributed by atoms with Crippen molar-refractivity contribution in [1.82, 2.24) is 0 Å². The summed E-state index contributed by atoms with van der Waals surface area (Å²) in [5, 5.41) is 8.57. The highest BCUT2D eigenvalue weighted by Crippen LogP contribution is 2.19. The van der Waals surface area contributed by atoms with Crippen molar-refractivity contribution in [3.8, 4) is 11.8 Å². The average Bonchev–Trinajstić information content (AvgIpc) is 2.29. The smallest absolute Gasteiger partial charge is 0.166 e. The second-order valence-electron chi connectivity index (χ2n) is 3.34. The van der Waals surface area contributed by atoms with E-state index in [4.69, 9.17) is 14.7 Å². The number of hydrogen-bond donors (Lipinski definition) is 0. The standard InChI is InChI=1S/C12H14FNO2/c1-3-15-8-9(2)16-12-5-4-10(7-14)6-11(12)13/h4-6,9H,3,8H2,1-2H3. The van der Waals surface area contributed by atoms with Crippen molar-refractivity contribution in [1.29, 1.82) is 5.26 Å². The van der Waals surface area contributed by atoms with Gasteiger partial charge >= 0.3 is 0 Å². The molecule has 3 nitrogen and oxygen atoms in total. The van der Waals surface area contributed by atoms with Gasteiger partial charge in [0, 0.05) is 6.61 Å². The van der Waals surface area contributed by atoms with E-state index in [1.54, 1.807) is 6.92 Å². The molecular weight excluding hydrogens is 209 g/mol. The van der Waals surface area contributed by atoms with Crippen LogP contribution in [0.2, 0.25) is 0 Å². The van der Waals surface area contributed by atoms with Gasteiger partial charge in [0.25, 0.3) is 0 Å². The number of halogens is 1. The molecule has 0 fully saturated rings. The summed E-state index contributed by atoms with van der Waals surface area (Å²) in [7, 11) is 0. The Morgan fingerprint density at radius 1 is 1.50 bits per heavy atom. The van der Waals surface area contributed by atoms with E-state index in [1.165, 1.54) is 12.1 Å². The molecule has 0 aliphatic heterocycles. The fraction of sp³-hybridized carbons (Fsp3) is 0.417. The summed E-state index contributed by atoms with van der Waals surface area (Å²) in [6.07, 6.45) is -0.220. The van der Waals surface area contributed by atoms with Crippen LogP contribution >= 0.6 is 0 Å². The number of ether oxygens (including phenoxy) is 2. The third kappa shape index (κ3) is 3.52. The van der Waals surface area contributed by atoms with E-state index in [0.29, 0.717) is 13.2 Å². The highest BCUT2D eigenvalue weighted by molar-refractivity contribution is 5.36. The Hall–Kier alpha value is -1.60. The summed E-state index contributed by atoms with van der Waals surface area (Å²) in [5.74, 6) is -0.381. The maximum atomic E-state index is 13.4. The zero-order valence-electron chi connectivity index (χ0n) is 9.37. The molecular formula is C12H14FNO2. The predicted octanol–water partition coefficient (Wildman–Crippen LogP) is 2.50. The van der Waals surface area contributed by atoms with E-state index < -0.39 is 5.82 Å². The minimum Gasteiger partial charge on any atom is -0.485 e. The summed E-state index contributed by atoms with van der Waals surface area (Å²) >= 11 is 0. The van der Waals surface area contributed by atoms with Gasteiger partial charge in [0.15, 0.2) is 11.6 Å². The van der Waals surface area contributed by atoms with Crippen molar-refractivity contribution >= 4 is 0 Å². The van der Waals surface area contributed by atoms with Gasteiger partial charge in [-0.1, -0.05) is 0 Å². The Morgan fingerprint density at radius 3 is 2.81 bits per heavy atom. The molecule has 0 bridgehead atoms. The molecule has 0 amide bonds. The Morgan fingerprint density at radius 2 is 2.25 bits per heavy atom. The number of nitrogens with zero attached hydrogens (tertiary/aromatic N) is 1. The molecule has 1 aromatic rings. The second kappa shape index (κ2) is 6.09. The topological polar surface area (TPSA) is 42.2 Å². The molecule has 4 heteroatoms. The summed E-state index contributed by atoms with van der Waals surface area (Å²) < 4.78 is 23.9. The first-order valence-corrected chi connectivity index (χ1v) is 5.11. The highest BCUT2D eigenvalue weighted by Gasteiger charge is 2.09. The Kier molecular flexibility index (Phi) is 4.74. The lowest BCUT2D eigenvalue weighted by Gasteiger charge is -2.14. The van der Waals surface area contributed by atoms with E-state index in [0.717, 1.165) is 6.07 Å². The first kappa shape index (κ1) is 12.5. The van der Waals surface area contributed by atoms with E-state index >= 15 is 0 Å². The van der Waals surface area contributed by atoms with Crippen LogP contribution in [0.3, 0.4) is 0 Å². The molecule has 0 heterocycles. The number of benzene rings is 1. The summed E-state index contributed by atoms with van der Waals surface area (Å²) in [4.78, 5) is 0. The molecule has 0 radical (unpaired) electrons. The van der Waals surface area contributed by atoms with Crippen LogP contribution in [0.5, 0.6) is 5.75 Å². The molecule has 0 spiro atoms. The minimum atomic E-state index is -0.526. The van der Waals surface area contributed by atoms with Crippen LogP contribution in [0.1, 0.15) is 19.4 Å². The van der Waals surface area contributed by atoms with Crippen LogP contribution in [0, 0.1) is 17.1 Å². The fourth-order valence-corrected chi connectivity index (χ4v) is 1.20. The molecule has 1 rings (SSSR count). The SMILES string of the molecule is CCOCC(C)Oc1ccc(C#N)cc1F. The third-order valence-electron chi connectivity index (χ3n) is 1.95. The van der Waals surface area contributed by atoms with Crippen molar-refractivity contribution in [2.24, 2.45) is 0 Å². The second-order valence-corrected chi connectivity index (χ2v) is 3.34. The Labute approximate surface area is 94.4 Å². The van der Waals surface area contributed by atoms with Crippen molar-refractivity contribution in [3.63, 3.8) is 0 Å². The van der Waals surface area contributed by atoms with Crippen LogP contribution < -0.4 is 4.74 Å². The van der Waals surface area contributed by atoms with Crippen LogP contribution in [0.4, 0.5) is 4.39 Å². The predicted molar refractivity (Wildman–Crippen MR) is 57.7 cm³/mol. The fourth-order valence-electron chi connectivity index (χ4n) is 1.20. The lowest BCUT2D eigenvalue weighted by atomic mass is 10.2. The Bertz CT molecular complexity index is 387. The molecule has 0 saturated heterocycles. The summed E-state index contributed by atoms with van der Waals surface area (Å²) in [5.41, 5.74) is 0.280. The summed E-state index contributed by atoms with van der Waals surface area (Å²) in [6.45, 7) is 4.70. The lowest BCUT2D eigenvalue weighted by Crippen LogP contribution is -2.19. The highest BCUT2D eigenvalue weighted by atomic mass is 19.1. The van der Waals surface area contributed by atoms with Crippen molar-refractivity contribution in [2.45, 2.75) is 20.0 Å². The van der Waals surface area contributed by atoms with Crippen molar-refractivity contribution in [2.75, 3.05) is 13.2 Å². The molecule has 86 valence electrons. The molecule has 16 heavy (non-hydrogen) atoms. The van der Waals surface area contributed by atoms with Gasteiger partial charge in [-0.2, -0.15) is 5.26 Å². The van der Waals surface area contributed by atoms with Gasteiger partial charge in [-0.25, -0.2) is 4.39 Å². The van der Waals surface area contributed by atoms with E-state index in [-0.39, 0.29) is 17.4 Å². The van der Waals surface area contributed by atoms with E-state index in [1.807, 2.05) is 13.0 Å². The minimum absolute atomic E-state index is 0.145. The molecule has 0 saturated carbocycles. The molecule has 0 aliphatic carbocycles. The number of rotatable bonds is 5. The monoisotopic (exact) mass is 223 g/mol. The largest absolute Gasteiger partial charge is 0.485 e. The molecule has 0 N–H and O–H groups in total. The molecule has 1 unspecified atom stereocenters. The Balaban J connectivity index is 2.64. The van der Waals surface area contributed by atoms with Crippen LogP contribution in [0.15, 0.2) is 18.2 Å². The van der Waals surface area contributed by atoms with Crippen molar-refractivity contribution < 1.29 is 13.9 Å². The first-order chi connectivity index (χ1) is 7.67. The summed E-state index contributed by atoms with van der Waals surface area (Å²) in [6, 6.07) is 5.99. The number of nitriles is 1. The first-order valence-electron chi connectivity index (χ1n) is 5.11. The van der Waals surface area contributed by atoms with E-state index in [9.17, 15) is 4.39 Å². The van der Waals surface area contributed by atoms with Gasteiger partial charge < -0.3 is 9.47 Å². The van der Waals surface area contributed by atoms with Gasteiger partial charge in [0.05, 0.1) is 18.2 Å². The van der Waals surface area contributed by atoms with Crippen LogP contribution in [-0.4, -0.2) is 19.3 Å². The molecule has 1 aromatic carbocycles. The molecule has 0 aliphatic rings. The number of hydrogen-bond acceptors (Lipinski definition) is 3. The van der Waals surface area contributed by atoms with Crippen LogP contribution in [-0.2, 0) is 4.74 Å². The van der Waals surface area contributed by atoms with Gasteiger partial charge in [0.2, 0.25) is 0 Å². The third-order valence-corrected chi connectivity index (χ3v) is 1.95. The van der Waals surface area contributed by atoms with Gasteiger partial charge in [-0.3, -0.25) is 0 Å². The van der Waals surface area contributed by atoms with Gasteiger partial charge in [-0.05, 0) is 32.0 Å². The maximum absolute atomic E-state index is 13.4. The quantitative estimate of drug-likeness (QED) is 0.770. The average molecular weight is 223 g/mol. The zero-order chi connectivity index (χ0) is 12.0. The zero-order valence-corrected chi connectivity index (χ0v) is 9.37. The van der Waals surface area contributed by atoms with E-state index in [2.05, 4.69) is 0 Å². The molecule has 1 atom stereocenters.